The maximum atomic E-state index is 5.41. The summed E-state index contributed by atoms with van der Waals surface area (Å²) in [6.07, 6.45) is 0. The Labute approximate surface area is 495 Å². The molecule has 3 aliphatic rings. The zero-order chi connectivity index (χ0) is 56.7. The number of para-hydroxylation sites is 6. The Morgan fingerprint density at radius 1 is 0.221 bits per heavy atom. The fourth-order valence-corrected chi connectivity index (χ4v) is 13.0. The van der Waals surface area contributed by atoms with Crippen LogP contribution in [0, 0.1) is 0 Å². The van der Waals surface area contributed by atoms with Gasteiger partial charge >= 0.3 is 0 Å². The highest BCUT2D eigenvalue weighted by Gasteiger charge is 2.42. The molecule has 15 aromatic rings. The van der Waals surface area contributed by atoms with Crippen molar-refractivity contribution in [3.8, 4) is 102 Å². The van der Waals surface area contributed by atoms with Gasteiger partial charge in [-0.05, 0) is 94.0 Å². The molecule has 10 heteroatoms. The summed E-state index contributed by atoms with van der Waals surface area (Å²) in [6.45, 7) is 0. The van der Waals surface area contributed by atoms with E-state index in [2.05, 4.69) is 215 Å². The van der Waals surface area contributed by atoms with Gasteiger partial charge in [-0.3, -0.25) is 9.13 Å². The molecular weight excluding hydrogens is 1050 g/mol. The predicted octanol–water partition coefficient (Wildman–Crippen LogP) is 17.1. The van der Waals surface area contributed by atoms with Crippen LogP contribution < -0.4 is 0 Å². The Morgan fingerprint density at radius 2 is 0.535 bits per heavy atom. The monoisotopic (exact) mass is 1100 g/mol. The Morgan fingerprint density at radius 3 is 0.953 bits per heavy atom. The summed E-state index contributed by atoms with van der Waals surface area (Å²) in [5.74, 6) is 4.98. The van der Waals surface area contributed by atoms with Gasteiger partial charge < -0.3 is 0 Å². The van der Waals surface area contributed by atoms with Crippen molar-refractivity contribution >= 4 is 22.1 Å². The maximum Gasteiger partial charge on any atom is 0.164 e. The molecule has 4 heterocycles. The molecule has 86 heavy (non-hydrogen) atoms. The third-order valence-corrected chi connectivity index (χ3v) is 16.9. The van der Waals surface area contributed by atoms with E-state index in [-0.39, 0.29) is 11.8 Å². The Bertz CT molecular complexity index is 4810. The fraction of sp³-hybridized carbons (Fsp3) is 0.0263. The molecule has 0 saturated heterocycles. The number of benzene rings is 11. The lowest BCUT2D eigenvalue weighted by Crippen LogP contribution is -2.27. The smallest absolute Gasteiger partial charge is 0.164 e. The second-order valence-corrected chi connectivity index (χ2v) is 21.8. The summed E-state index contributed by atoms with van der Waals surface area (Å²) in [5, 5.41) is 0. The molecule has 0 N–H and O–H groups in total. The van der Waals surface area contributed by atoms with Crippen LogP contribution in [0.5, 0.6) is 0 Å². The third-order valence-electron chi connectivity index (χ3n) is 16.9. The lowest BCUT2D eigenvalue weighted by molar-refractivity contribution is 0.754. The summed E-state index contributed by atoms with van der Waals surface area (Å²) in [6, 6.07) is 96.8. The van der Waals surface area contributed by atoms with Crippen molar-refractivity contribution in [2.75, 3.05) is 0 Å². The number of fused-ring (bicyclic) bond motifs is 2. The van der Waals surface area contributed by atoms with Gasteiger partial charge in [0.25, 0.3) is 0 Å². The molecule has 2 atom stereocenters. The topological polar surface area (TPSA) is 113 Å². The highest BCUT2D eigenvalue weighted by Crippen LogP contribution is 2.57. The molecule has 0 spiro atoms. The van der Waals surface area contributed by atoms with E-state index in [0.717, 1.165) is 89.6 Å². The highest BCUT2D eigenvalue weighted by molar-refractivity contribution is 5.90. The largest absolute Gasteiger partial charge is 0.292 e. The van der Waals surface area contributed by atoms with Gasteiger partial charge in [0, 0.05) is 67.7 Å². The normalized spacial score (nSPS) is 13.8. The first-order valence-electron chi connectivity index (χ1n) is 28.9. The first-order chi connectivity index (χ1) is 42.6. The van der Waals surface area contributed by atoms with Crippen molar-refractivity contribution in [1.82, 2.24) is 49.0 Å². The second-order valence-electron chi connectivity index (χ2n) is 21.8. The number of hydrogen-bond acceptors (Lipinski definition) is 8. The predicted molar refractivity (Wildman–Crippen MR) is 341 cm³/mol. The van der Waals surface area contributed by atoms with Gasteiger partial charge in [0.1, 0.15) is 11.6 Å². The van der Waals surface area contributed by atoms with Crippen LogP contribution >= 0.6 is 0 Å². The summed E-state index contributed by atoms with van der Waals surface area (Å²) in [5.41, 5.74) is 20.6. The van der Waals surface area contributed by atoms with Crippen LogP contribution in [-0.4, -0.2) is 49.0 Å². The molecule has 0 amide bonds. The summed E-state index contributed by atoms with van der Waals surface area (Å²) in [4.78, 5) is 42.5. The molecule has 2 unspecified atom stereocenters. The van der Waals surface area contributed by atoms with E-state index in [9.17, 15) is 0 Å². The van der Waals surface area contributed by atoms with Crippen molar-refractivity contribution in [2.24, 2.45) is 0 Å². The number of rotatable bonds is 10. The quantitative estimate of drug-likeness (QED) is 0.133. The van der Waals surface area contributed by atoms with Gasteiger partial charge in [-0.25, -0.2) is 39.9 Å². The Kier molecular flexibility index (Phi) is 11.4. The molecule has 0 radical (unpaired) electrons. The minimum Gasteiger partial charge on any atom is -0.292 e. The van der Waals surface area contributed by atoms with Crippen molar-refractivity contribution in [2.45, 2.75) is 11.8 Å². The van der Waals surface area contributed by atoms with E-state index in [1.807, 2.05) is 72.8 Å². The molecule has 3 aliphatic carbocycles. The second kappa shape index (κ2) is 20.1. The summed E-state index contributed by atoms with van der Waals surface area (Å²) >= 11 is 0. The number of imidazole rings is 2. The Balaban J connectivity index is 0.793. The number of aromatic nitrogens is 10. The molecule has 2 bridgehead atoms. The maximum absolute atomic E-state index is 5.41. The van der Waals surface area contributed by atoms with Crippen LogP contribution in [0.4, 0.5) is 0 Å². The van der Waals surface area contributed by atoms with Gasteiger partial charge in [-0.2, -0.15) is 0 Å². The standard InChI is InChI=1S/C76H48N10/c1-5-23-47(24-6-1)69-79-71(83-73(81-69)57-33-15-17-35-59(57)75-77-63-37-19-21-39-65(63)85(75)51-27-9-3-10-28-51)49-41-43-55-61(45-49)67-53-31-13-14-32-54(53)68(55)62-46-50(42-44-56(62)67)72-80-70(48-25-7-2-8-26-48)82-74(84-72)58-34-16-18-36-60(58)76-78-64-38-20-22-40-66(64)86(76)52-29-11-4-12-30-52/h1-46,67-68H. The van der Waals surface area contributed by atoms with Crippen molar-refractivity contribution in [3.63, 3.8) is 0 Å². The Hall–Kier alpha value is -11.6. The van der Waals surface area contributed by atoms with Gasteiger partial charge in [-0.1, -0.05) is 218 Å². The lowest BCUT2D eigenvalue weighted by atomic mass is 9.61. The highest BCUT2D eigenvalue weighted by atomic mass is 15.1. The van der Waals surface area contributed by atoms with Crippen LogP contribution in [-0.2, 0) is 0 Å². The van der Waals surface area contributed by atoms with Crippen molar-refractivity contribution in [1.29, 1.82) is 0 Å². The van der Waals surface area contributed by atoms with Crippen LogP contribution in [0.3, 0.4) is 0 Å². The summed E-state index contributed by atoms with van der Waals surface area (Å²) < 4.78 is 4.45. The molecule has 18 rings (SSSR count). The average molecular weight is 1100 g/mol. The van der Waals surface area contributed by atoms with E-state index >= 15 is 0 Å². The number of nitrogens with zero attached hydrogens (tertiary/aromatic N) is 10. The minimum atomic E-state index is -0.0543. The van der Waals surface area contributed by atoms with Gasteiger partial charge in [-0.15, -0.1) is 0 Å². The zero-order valence-corrected chi connectivity index (χ0v) is 46.2. The molecular formula is C76H48N10. The third kappa shape index (κ3) is 8.10. The minimum absolute atomic E-state index is 0.0543. The van der Waals surface area contributed by atoms with E-state index in [1.165, 1.54) is 33.4 Å². The first-order valence-corrected chi connectivity index (χ1v) is 28.9. The van der Waals surface area contributed by atoms with Crippen LogP contribution in [0.15, 0.2) is 279 Å². The van der Waals surface area contributed by atoms with E-state index in [4.69, 9.17) is 39.9 Å². The fourth-order valence-electron chi connectivity index (χ4n) is 13.0. The van der Waals surface area contributed by atoms with Crippen LogP contribution in [0.1, 0.15) is 45.2 Å². The first kappa shape index (κ1) is 49.0. The number of hydrogen-bond donors (Lipinski definition) is 0. The van der Waals surface area contributed by atoms with Crippen LogP contribution in [0.2, 0.25) is 0 Å². The van der Waals surface area contributed by atoms with E-state index in [1.54, 1.807) is 0 Å². The van der Waals surface area contributed by atoms with Crippen molar-refractivity contribution in [3.05, 3.63) is 312 Å². The molecule has 4 aromatic heterocycles. The van der Waals surface area contributed by atoms with Crippen molar-refractivity contribution < 1.29 is 0 Å². The van der Waals surface area contributed by atoms with E-state index < -0.39 is 0 Å². The molecule has 0 fully saturated rings. The molecule has 10 nitrogen and oxygen atoms in total. The van der Waals surface area contributed by atoms with Gasteiger partial charge in [0.05, 0.1) is 22.1 Å². The molecule has 11 aromatic carbocycles. The molecule has 402 valence electrons. The average Bonchev–Trinajstić information content (AvgIpc) is 1.04. The van der Waals surface area contributed by atoms with Gasteiger partial charge in [0.2, 0.25) is 0 Å². The summed E-state index contributed by atoms with van der Waals surface area (Å²) in [7, 11) is 0. The van der Waals surface area contributed by atoms with Crippen LogP contribution in [0.25, 0.3) is 125 Å². The zero-order valence-electron chi connectivity index (χ0n) is 46.2. The van der Waals surface area contributed by atoms with E-state index in [0.29, 0.717) is 34.9 Å². The SMILES string of the molecule is c1ccc(-c2nc(-c3ccc4c(c3)C3c5ccccc5C4c4cc(-c5nc(-c6ccccc6)nc(-c6ccccc6-c6nc7ccccc7n6-c6ccccc6)n5)ccc43)nc(-c3ccccc3-c3nc4ccccc4n3-c3ccccc3)n2)cc1. The lowest BCUT2D eigenvalue weighted by Gasteiger charge is -2.42. The molecule has 0 aliphatic heterocycles. The van der Waals surface area contributed by atoms with Gasteiger partial charge in [0.15, 0.2) is 34.9 Å². The molecule has 0 saturated carbocycles.